The van der Waals surface area contributed by atoms with Crippen molar-refractivity contribution < 1.29 is 4.79 Å². The van der Waals surface area contributed by atoms with Crippen molar-refractivity contribution in [2.75, 3.05) is 5.32 Å². The molecule has 1 aromatic heterocycles. The largest absolute Gasteiger partial charge is 0.313 e. The van der Waals surface area contributed by atoms with Crippen LogP contribution in [0.4, 0.5) is 5.82 Å². The molecule has 1 amide bonds. The number of aromatic nitrogens is 2. The van der Waals surface area contributed by atoms with E-state index in [0.717, 1.165) is 5.56 Å². The van der Waals surface area contributed by atoms with Gasteiger partial charge in [-0.3, -0.25) is 9.59 Å². The molecule has 90 valence electrons. The Morgan fingerprint density at radius 3 is 2.72 bits per heavy atom. The van der Waals surface area contributed by atoms with E-state index in [-0.39, 0.29) is 23.8 Å². The molecule has 1 aromatic carbocycles. The fraction of sp³-hybridized carbons (Fsp3) is 0.154. The Morgan fingerprint density at radius 1 is 1.17 bits per heavy atom. The molecule has 3 rings (SSSR count). The molecule has 18 heavy (non-hydrogen) atoms. The van der Waals surface area contributed by atoms with Crippen molar-refractivity contribution >= 4 is 11.7 Å². The number of nitrogens with zero attached hydrogens (tertiary/aromatic N) is 1. The Kier molecular flexibility index (Phi) is 2.44. The number of benzene rings is 1. The van der Waals surface area contributed by atoms with E-state index in [1.165, 1.54) is 6.33 Å². The molecule has 2 heterocycles. The summed E-state index contributed by atoms with van der Waals surface area (Å²) in [5.41, 5.74) is 1.28. The van der Waals surface area contributed by atoms with Gasteiger partial charge in [-0.15, -0.1) is 0 Å². The third-order valence-electron chi connectivity index (χ3n) is 3.09. The highest BCUT2D eigenvalue weighted by molar-refractivity contribution is 5.94. The zero-order valence-electron chi connectivity index (χ0n) is 9.51. The quantitative estimate of drug-likeness (QED) is 0.788. The number of fused-ring (bicyclic) bond motifs is 1. The van der Waals surface area contributed by atoms with Crippen molar-refractivity contribution in [3.63, 3.8) is 0 Å². The predicted octanol–water partition coefficient (Wildman–Crippen LogP) is 1.24. The lowest BCUT2D eigenvalue weighted by atomic mass is 9.87. The highest BCUT2D eigenvalue weighted by Crippen LogP contribution is 2.32. The summed E-state index contributed by atoms with van der Waals surface area (Å²) >= 11 is 0. The number of rotatable bonds is 1. The second-order valence-electron chi connectivity index (χ2n) is 4.21. The molecule has 0 radical (unpaired) electrons. The number of carbonyl (C=O) groups excluding carboxylic acids is 1. The molecule has 1 aliphatic heterocycles. The van der Waals surface area contributed by atoms with Crippen LogP contribution in [0, 0.1) is 0 Å². The Hall–Kier alpha value is -2.43. The molecule has 2 aromatic rings. The van der Waals surface area contributed by atoms with E-state index in [4.69, 9.17) is 0 Å². The van der Waals surface area contributed by atoms with Gasteiger partial charge in [-0.05, 0) is 5.56 Å². The van der Waals surface area contributed by atoms with E-state index in [9.17, 15) is 9.59 Å². The summed E-state index contributed by atoms with van der Waals surface area (Å²) in [5, 5.41) is 2.63. The monoisotopic (exact) mass is 241 g/mol. The number of nitrogens with one attached hydrogen (secondary N) is 2. The molecule has 5 heteroatoms. The molecule has 1 aliphatic rings. The maximum absolute atomic E-state index is 11.9. The zero-order chi connectivity index (χ0) is 12.5. The summed E-state index contributed by atoms with van der Waals surface area (Å²) in [6.07, 6.45) is 1.57. The van der Waals surface area contributed by atoms with Gasteiger partial charge >= 0.3 is 0 Å². The van der Waals surface area contributed by atoms with Crippen molar-refractivity contribution in [2.24, 2.45) is 0 Å². The third-order valence-corrected chi connectivity index (χ3v) is 3.09. The van der Waals surface area contributed by atoms with Gasteiger partial charge in [0.1, 0.15) is 5.82 Å². The molecule has 0 spiro atoms. The number of aromatic amines is 1. The van der Waals surface area contributed by atoms with Gasteiger partial charge in [0.05, 0.1) is 11.9 Å². The van der Waals surface area contributed by atoms with E-state index in [0.29, 0.717) is 11.4 Å². The lowest BCUT2D eigenvalue weighted by Gasteiger charge is -2.23. The maximum Gasteiger partial charge on any atom is 0.256 e. The first kappa shape index (κ1) is 10.7. The molecule has 5 nitrogen and oxygen atoms in total. The van der Waals surface area contributed by atoms with Crippen LogP contribution in [0.3, 0.4) is 0 Å². The van der Waals surface area contributed by atoms with Gasteiger partial charge in [0.15, 0.2) is 0 Å². The minimum absolute atomic E-state index is 0.116. The molecular weight excluding hydrogens is 230 g/mol. The molecule has 0 bridgehead atoms. The second kappa shape index (κ2) is 4.10. The Balaban J connectivity index is 2.19. The number of amides is 1. The highest BCUT2D eigenvalue weighted by Gasteiger charge is 2.29. The molecular formula is C13H11N3O2. The first-order chi connectivity index (χ1) is 8.75. The van der Waals surface area contributed by atoms with Crippen LogP contribution in [-0.2, 0) is 4.79 Å². The van der Waals surface area contributed by atoms with Crippen molar-refractivity contribution in [3.8, 4) is 0 Å². The van der Waals surface area contributed by atoms with Crippen molar-refractivity contribution in [1.29, 1.82) is 0 Å². The molecule has 0 aliphatic carbocycles. The summed E-state index contributed by atoms with van der Waals surface area (Å²) in [6.45, 7) is 0. The molecule has 1 unspecified atom stereocenters. The third kappa shape index (κ3) is 1.69. The van der Waals surface area contributed by atoms with Gasteiger partial charge in [0.2, 0.25) is 5.91 Å². The van der Waals surface area contributed by atoms with Crippen molar-refractivity contribution in [1.82, 2.24) is 9.97 Å². The van der Waals surface area contributed by atoms with Crippen LogP contribution in [-0.4, -0.2) is 15.9 Å². The summed E-state index contributed by atoms with van der Waals surface area (Å²) in [6, 6.07) is 9.53. The molecule has 2 N–H and O–H groups in total. The average Bonchev–Trinajstić information content (AvgIpc) is 2.39. The van der Waals surface area contributed by atoms with Gasteiger partial charge in [0.25, 0.3) is 5.56 Å². The molecule has 0 saturated heterocycles. The van der Waals surface area contributed by atoms with E-state index in [2.05, 4.69) is 15.3 Å². The van der Waals surface area contributed by atoms with E-state index >= 15 is 0 Å². The van der Waals surface area contributed by atoms with Crippen molar-refractivity contribution in [3.05, 3.63) is 58.1 Å². The van der Waals surface area contributed by atoms with Gasteiger partial charge in [-0.25, -0.2) is 4.98 Å². The molecule has 0 fully saturated rings. The minimum Gasteiger partial charge on any atom is -0.313 e. The lowest BCUT2D eigenvalue weighted by Crippen LogP contribution is -2.30. The fourth-order valence-electron chi connectivity index (χ4n) is 2.27. The highest BCUT2D eigenvalue weighted by atomic mass is 16.2. The predicted molar refractivity (Wildman–Crippen MR) is 66.4 cm³/mol. The summed E-state index contributed by atoms with van der Waals surface area (Å²) < 4.78 is 0. The normalized spacial score (nSPS) is 18.0. The smallest absolute Gasteiger partial charge is 0.256 e. The van der Waals surface area contributed by atoms with Crippen LogP contribution >= 0.6 is 0 Å². The van der Waals surface area contributed by atoms with Crippen LogP contribution in [0.15, 0.2) is 41.5 Å². The van der Waals surface area contributed by atoms with Crippen LogP contribution in [0.1, 0.15) is 23.5 Å². The Bertz CT molecular complexity index is 649. The van der Waals surface area contributed by atoms with Crippen molar-refractivity contribution in [2.45, 2.75) is 12.3 Å². The van der Waals surface area contributed by atoms with Gasteiger partial charge in [0, 0.05) is 12.3 Å². The lowest BCUT2D eigenvalue weighted by molar-refractivity contribution is -0.116. The van der Waals surface area contributed by atoms with Crippen LogP contribution < -0.4 is 10.9 Å². The number of H-pyrrole nitrogens is 1. The van der Waals surface area contributed by atoms with Crippen LogP contribution in [0.25, 0.3) is 0 Å². The molecule has 1 atom stereocenters. The average molecular weight is 241 g/mol. The first-order valence-corrected chi connectivity index (χ1v) is 5.68. The maximum atomic E-state index is 11.9. The Morgan fingerprint density at radius 2 is 1.94 bits per heavy atom. The number of hydrogen-bond donors (Lipinski definition) is 2. The van der Waals surface area contributed by atoms with Crippen LogP contribution in [0.2, 0.25) is 0 Å². The van der Waals surface area contributed by atoms with Gasteiger partial charge in [-0.1, -0.05) is 30.3 Å². The van der Waals surface area contributed by atoms with E-state index in [1.54, 1.807) is 0 Å². The van der Waals surface area contributed by atoms with E-state index in [1.807, 2.05) is 30.3 Å². The zero-order valence-corrected chi connectivity index (χ0v) is 9.51. The van der Waals surface area contributed by atoms with Crippen LogP contribution in [0.5, 0.6) is 0 Å². The fourth-order valence-corrected chi connectivity index (χ4v) is 2.27. The summed E-state index contributed by atoms with van der Waals surface area (Å²) in [7, 11) is 0. The summed E-state index contributed by atoms with van der Waals surface area (Å²) in [4.78, 5) is 30.1. The first-order valence-electron chi connectivity index (χ1n) is 5.68. The van der Waals surface area contributed by atoms with Gasteiger partial charge in [-0.2, -0.15) is 0 Å². The topological polar surface area (TPSA) is 74.8 Å². The molecule has 0 saturated carbocycles. The van der Waals surface area contributed by atoms with E-state index < -0.39 is 0 Å². The Labute approximate surface area is 103 Å². The minimum atomic E-state index is -0.229. The number of hydrogen-bond acceptors (Lipinski definition) is 3. The van der Waals surface area contributed by atoms with Gasteiger partial charge < -0.3 is 10.3 Å². The summed E-state index contributed by atoms with van der Waals surface area (Å²) in [5.74, 6) is 0.0192. The second-order valence-corrected chi connectivity index (χ2v) is 4.21. The SMILES string of the molecule is O=C1CC(c2ccccc2)c2c(nc[nH]c2=O)N1. The number of carbonyl (C=O) groups is 1. The number of anilines is 1. The standard InChI is InChI=1S/C13H11N3O2/c17-10-6-9(8-4-2-1-3-5-8)11-12(16-10)14-7-15-13(11)18/h1-5,7,9H,6H2,(H2,14,15,16,17,18).